The zero-order valence-corrected chi connectivity index (χ0v) is 17.6. The molecule has 4 N–H and O–H groups in total. The molecule has 1 heterocycles. The lowest BCUT2D eigenvalue weighted by molar-refractivity contribution is -0.920. The van der Waals surface area contributed by atoms with Crippen molar-refractivity contribution in [3.63, 3.8) is 0 Å². The molecule has 0 radical (unpaired) electrons. The van der Waals surface area contributed by atoms with E-state index in [-0.39, 0.29) is 24.2 Å². The van der Waals surface area contributed by atoms with Gasteiger partial charge in [-0.05, 0) is 43.2 Å². The highest BCUT2D eigenvalue weighted by Crippen LogP contribution is 2.51. The first kappa shape index (κ1) is 22.0. The minimum absolute atomic E-state index is 0.158. The second-order valence-corrected chi connectivity index (χ2v) is 8.33. The Morgan fingerprint density at radius 2 is 1.94 bits per heavy atom. The normalized spacial score (nSPS) is 26.6. The highest BCUT2D eigenvalue weighted by atomic mass is 16.5. The van der Waals surface area contributed by atoms with Crippen LogP contribution >= 0.6 is 0 Å². The predicted molar refractivity (Wildman–Crippen MR) is 112 cm³/mol. The van der Waals surface area contributed by atoms with E-state index in [0.29, 0.717) is 30.5 Å². The largest absolute Gasteiger partial charge is 0.484 e. The Kier molecular flexibility index (Phi) is 6.11. The lowest BCUT2D eigenvalue weighted by atomic mass is 9.55. The van der Waals surface area contributed by atoms with Crippen LogP contribution in [0.3, 0.4) is 0 Å². The number of nitrogens with two attached hydrogens (primary N) is 1. The summed E-state index contributed by atoms with van der Waals surface area (Å²) in [6, 6.07) is 13.7. The summed E-state index contributed by atoms with van der Waals surface area (Å²) in [7, 11) is 0. The van der Waals surface area contributed by atoms with E-state index in [1.807, 2.05) is 18.2 Å². The van der Waals surface area contributed by atoms with Gasteiger partial charge < -0.3 is 20.8 Å². The van der Waals surface area contributed by atoms with Crippen molar-refractivity contribution in [2.24, 2.45) is 23.0 Å². The maximum absolute atomic E-state index is 10.9. The number of fused-ring (bicyclic) bond motifs is 1. The number of hydrogen-bond acceptors (Lipinski definition) is 6. The number of primary amides is 1. The number of nitrogens with zero attached hydrogens (tertiary/aromatic N) is 3. The van der Waals surface area contributed by atoms with Gasteiger partial charge in [0.25, 0.3) is 5.91 Å². The van der Waals surface area contributed by atoms with Crippen LogP contribution in [0.4, 0.5) is 0 Å². The van der Waals surface area contributed by atoms with E-state index >= 15 is 0 Å². The van der Waals surface area contributed by atoms with Crippen LogP contribution < -0.4 is 15.4 Å². The van der Waals surface area contributed by atoms with Gasteiger partial charge in [0.1, 0.15) is 5.75 Å². The van der Waals surface area contributed by atoms with Crippen molar-refractivity contribution in [2.45, 2.75) is 25.8 Å². The summed E-state index contributed by atoms with van der Waals surface area (Å²) in [4.78, 5) is 12.2. The minimum atomic E-state index is -1.70. The highest BCUT2D eigenvalue weighted by molar-refractivity contribution is 6.01. The van der Waals surface area contributed by atoms with Crippen molar-refractivity contribution >= 4 is 11.6 Å². The molecule has 8 heteroatoms. The number of rotatable bonds is 5. The van der Waals surface area contributed by atoms with E-state index in [4.69, 9.17) is 15.9 Å². The summed E-state index contributed by atoms with van der Waals surface area (Å²) in [6.45, 7) is 5.34. The van der Waals surface area contributed by atoms with Crippen LogP contribution in [0, 0.1) is 56.7 Å². The summed E-state index contributed by atoms with van der Waals surface area (Å²) >= 11 is 0. The Balaban J connectivity index is 2.08. The van der Waals surface area contributed by atoms with Crippen LogP contribution in [0.25, 0.3) is 0 Å². The molecule has 1 aromatic carbocycles. The number of quaternary nitrogens is 1. The van der Waals surface area contributed by atoms with Gasteiger partial charge in [0.2, 0.25) is 5.41 Å². The summed E-state index contributed by atoms with van der Waals surface area (Å²) in [5, 5.41) is 38.4. The van der Waals surface area contributed by atoms with Crippen LogP contribution in [0.1, 0.15) is 25.3 Å². The molecule has 0 bridgehead atoms. The molecule has 0 saturated heterocycles. The number of amides is 1. The maximum atomic E-state index is 10.9. The van der Waals surface area contributed by atoms with Crippen molar-refractivity contribution < 1.29 is 14.4 Å². The monoisotopic (exact) mass is 417 g/mol. The fourth-order valence-electron chi connectivity index (χ4n) is 4.68. The van der Waals surface area contributed by atoms with Gasteiger partial charge in [0, 0.05) is 11.8 Å². The molecule has 1 saturated carbocycles. The van der Waals surface area contributed by atoms with Crippen molar-refractivity contribution in [3.8, 4) is 24.0 Å². The first-order chi connectivity index (χ1) is 14.8. The quantitative estimate of drug-likeness (QED) is 0.602. The van der Waals surface area contributed by atoms with Gasteiger partial charge in [-0.15, -0.1) is 0 Å². The maximum Gasteiger partial charge on any atom is 0.255 e. The summed E-state index contributed by atoms with van der Waals surface area (Å²) in [5.74, 6) is -1.59. The first-order valence-corrected chi connectivity index (χ1v) is 10.2. The molecule has 1 aliphatic carbocycles. The zero-order chi connectivity index (χ0) is 22.8. The average Bonchev–Trinajstić information content (AvgIpc) is 2.77. The van der Waals surface area contributed by atoms with Gasteiger partial charge in [-0.25, -0.2) is 0 Å². The molecule has 0 aromatic heterocycles. The second-order valence-electron chi connectivity index (χ2n) is 8.33. The number of hydrogen-bond donors (Lipinski definition) is 3. The molecule has 1 fully saturated rings. The summed E-state index contributed by atoms with van der Waals surface area (Å²) in [6.07, 6.45) is 1.93. The molecule has 1 aliphatic heterocycles. The second kappa shape index (κ2) is 8.60. The van der Waals surface area contributed by atoms with Crippen LogP contribution in [0.2, 0.25) is 0 Å². The summed E-state index contributed by atoms with van der Waals surface area (Å²) < 4.78 is 5.32. The lowest BCUT2D eigenvalue weighted by Gasteiger charge is -2.46. The third-order valence-corrected chi connectivity index (χ3v) is 6.34. The number of nitrogens with one attached hydrogen (secondary N) is 2. The SMILES string of the molecule is CC(C)[NH+]1CC=C2[C@H](C1)[C@@H](c1ccc(OCC(N)=O)cc1)[C@H](C#N)C(=N)C2(C#N)C#N. The average molecular weight is 417 g/mol. The number of carbonyl (C=O) groups is 1. The van der Waals surface area contributed by atoms with Gasteiger partial charge in [-0.3, -0.25) is 4.79 Å². The van der Waals surface area contributed by atoms with E-state index in [0.717, 1.165) is 5.56 Å². The third kappa shape index (κ3) is 3.77. The number of carbonyl (C=O) groups excluding carboxylic acids is 1. The fraction of sp³-hybridized carbons (Fsp3) is 0.435. The van der Waals surface area contributed by atoms with Gasteiger partial charge in [-0.1, -0.05) is 12.1 Å². The van der Waals surface area contributed by atoms with Gasteiger partial charge in [0.05, 0.1) is 49.0 Å². The molecule has 1 aromatic rings. The molecule has 1 unspecified atom stereocenters. The van der Waals surface area contributed by atoms with Gasteiger partial charge >= 0.3 is 0 Å². The Bertz CT molecular complexity index is 1020. The van der Waals surface area contributed by atoms with Gasteiger partial charge in [-0.2, -0.15) is 15.8 Å². The fourth-order valence-corrected chi connectivity index (χ4v) is 4.68. The van der Waals surface area contributed by atoms with Crippen LogP contribution in [-0.4, -0.2) is 37.4 Å². The highest BCUT2D eigenvalue weighted by Gasteiger charge is 2.57. The molecular formula is C23H25N6O2+. The van der Waals surface area contributed by atoms with Crippen LogP contribution in [0.15, 0.2) is 35.9 Å². The molecule has 3 rings (SSSR count). The Labute approximate surface area is 181 Å². The lowest BCUT2D eigenvalue weighted by Crippen LogP contribution is -3.16. The molecule has 8 nitrogen and oxygen atoms in total. The minimum Gasteiger partial charge on any atom is -0.484 e. The smallest absolute Gasteiger partial charge is 0.255 e. The van der Waals surface area contributed by atoms with Gasteiger partial charge in [0.15, 0.2) is 6.61 Å². The van der Waals surface area contributed by atoms with Crippen molar-refractivity contribution in [3.05, 3.63) is 41.5 Å². The Morgan fingerprint density at radius 3 is 2.45 bits per heavy atom. The molecular weight excluding hydrogens is 392 g/mol. The van der Waals surface area contributed by atoms with E-state index < -0.39 is 17.2 Å². The van der Waals surface area contributed by atoms with E-state index in [2.05, 4.69) is 32.1 Å². The molecule has 158 valence electrons. The Hall–Kier alpha value is -3.67. The molecule has 2 aliphatic rings. The van der Waals surface area contributed by atoms with Crippen molar-refractivity contribution in [2.75, 3.05) is 19.7 Å². The van der Waals surface area contributed by atoms with Crippen LogP contribution in [0.5, 0.6) is 5.75 Å². The Morgan fingerprint density at radius 1 is 1.29 bits per heavy atom. The number of ether oxygens (including phenoxy) is 1. The molecule has 1 amide bonds. The van der Waals surface area contributed by atoms with E-state index in [9.17, 15) is 20.6 Å². The third-order valence-electron chi connectivity index (χ3n) is 6.34. The van der Waals surface area contributed by atoms with E-state index in [1.54, 1.807) is 12.1 Å². The molecule has 0 spiro atoms. The molecule has 4 atom stereocenters. The predicted octanol–water partition coefficient (Wildman–Crippen LogP) is 0.691. The standard InChI is InChI=1S/C23H24N6O2/c1-14(2)29-8-7-19-18(10-29)21(17(9-24)22(28)23(19,12-25)13-26)15-3-5-16(6-4-15)31-11-20(27)30/h3-7,14,17-18,21,28H,8,10-11H2,1-2H3,(H2,27,30)/p+1/t17-,18-,21-/m0/s1. The van der Waals surface area contributed by atoms with Crippen molar-refractivity contribution in [1.82, 2.24) is 0 Å². The summed E-state index contributed by atoms with van der Waals surface area (Å²) in [5.41, 5.74) is 4.72. The van der Waals surface area contributed by atoms with Crippen molar-refractivity contribution in [1.29, 1.82) is 21.2 Å². The first-order valence-electron chi connectivity index (χ1n) is 10.2. The topological polar surface area (TPSA) is 152 Å². The number of nitriles is 3. The zero-order valence-electron chi connectivity index (χ0n) is 17.6. The number of benzene rings is 1. The van der Waals surface area contributed by atoms with Crippen LogP contribution in [-0.2, 0) is 4.79 Å². The van der Waals surface area contributed by atoms with E-state index in [1.165, 1.54) is 4.90 Å². The molecule has 31 heavy (non-hydrogen) atoms.